The molecular formula is C5H10S4. The third-order valence-corrected chi connectivity index (χ3v) is 5.42. The predicted molar refractivity (Wildman–Crippen MR) is 54.5 cm³/mol. The first-order chi connectivity index (χ1) is 4.43. The summed E-state index contributed by atoms with van der Waals surface area (Å²) in [5.74, 6) is 2.55. The van der Waals surface area contributed by atoms with Crippen molar-refractivity contribution in [3.05, 3.63) is 0 Å². The van der Waals surface area contributed by atoms with Gasteiger partial charge in [-0.05, 0) is 12.8 Å². The molecule has 0 amide bonds. The highest BCUT2D eigenvalue weighted by atomic mass is 33.1. The van der Waals surface area contributed by atoms with E-state index in [1.54, 1.807) is 10.8 Å². The minimum Gasteiger partial charge on any atom is -0.111 e. The van der Waals surface area contributed by atoms with Gasteiger partial charge in [0, 0.05) is 16.8 Å². The summed E-state index contributed by atoms with van der Waals surface area (Å²) < 4.78 is 0. The summed E-state index contributed by atoms with van der Waals surface area (Å²) in [4.78, 5) is 0. The van der Waals surface area contributed by atoms with Crippen LogP contribution >= 0.6 is 44.0 Å². The largest absolute Gasteiger partial charge is 0.111 e. The fraction of sp³-hybridized carbons (Fsp3) is 1.00. The second kappa shape index (κ2) is 5.10. The van der Waals surface area contributed by atoms with E-state index in [-0.39, 0.29) is 0 Å². The van der Waals surface area contributed by atoms with Gasteiger partial charge in [0.25, 0.3) is 0 Å². The van der Waals surface area contributed by atoms with Gasteiger partial charge in [0.05, 0.1) is 0 Å². The van der Waals surface area contributed by atoms with E-state index >= 15 is 0 Å². The molecule has 9 heavy (non-hydrogen) atoms. The predicted octanol–water partition coefficient (Wildman–Crippen LogP) is 3.11. The maximum absolute atomic E-state index is 4.12. The zero-order chi connectivity index (χ0) is 6.53. The highest BCUT2D eigenvalue weighted by molar-refractivity contribution is 8.77. The van der Waals surface area contributed by atoms with Gasteiger partial charge >= 0.3 is 0 Å². The van der Waals surface area contributed by atoms with Gasteiger partial charge in [0.15, 0.2) is 0 Å². The molecule has 0 aromatic carbocycles. The molecule has 0 bridgehead atoms. The lowest BCUT2D eigenvalue weighted by Gasteiger charge is -2.18. The van der Waals surface area contributed by atoms with E-state index in [2.05, 4.69) is 11.7 Å². The van der Waals surface area contributed by atoms with Crippen molar-refractivity contribution in [3.63, 3.8) is 0 Å². The molecular weight excluding hydrogens is 188 g/mol. The van der Waals surface area contributed by atoms with E-state index in [9.17, 15) is 0 Å². The van der Waals surface area contributed by atoms with Crippen molar-refractivity contribution in [1.29, 1.82) is 0 Å². The molecule has 0 spiro atoms. The van der Waals surface area contributed by atoms with E-state index in [0.29, 0.717) is 0 Å². The van der Waals surface area contributed by atoms with Crippen molar-refractivity contribution < 1.29 is 0 Å². The van der Waals surface area contributed by atoms with Crippen molar-refractivity contribution in [1.82, 2.24) is 0 Å². The van der Waals surface area contributed by atoms with Crippen molar-refractivity contribution in [2.24, 2.45) is 0 Å². The lowest BCUT2D eigenvalue weighted by molar-refractivity contribution is 0.800. The van der Waals surface area contributed by atoms with Crippen LogP contribution in [0.4, 0.5) is 0 Å². The molecule has 1 unspecified atom stereocenters. The summed E-state index contributed by atoms with van der Waals surface area (Å²) in [6.45, 7) is 0. The molecule has 1 aliphatic heterocycles. The fourth-order valence-electron chi connectivity index (χ4n) is 0.757. The molecule has 0 N–H and O–H groups in total. The normalized spacial score (nSPS) is 28.3. The van der Waals surface area contributed by atoms with Gasteiger partial charge in [-0.25, -0.2) is 0 Å². The van der Waals surface area contributed by atoms with E-state index in [1.165, 1.54) is 24.3 Å². The molecule has 0 nitrogen and oxygen atoms in total. The Bertz CT molecular complexity index is 66.6. The van der Waals surface area contributed by atoms with Gasteiger partial charge in [-0.3, -0.25) is 0 Å². The maximum atomic E-state index is 4.12. The van der Waals surface area contributed by atoms with Crippen LogP contribution in [0.5, 0.6) is 0 Å². The van der Waals surface area contributed by atoms with Gasteiger partial charge in [-0.2, -0.15) is 0 Å². The van der Waals surface area contributed by atoms with Crippen molar-refractivity contribution in [2.75, 3.05) is 11.5 Å². The minimum atomic E-state index is 0.867. The molecule has 54 valence electrons. The third-order valence-electron chi connectivity index (χ3n) is 1.22. The van der Waals surface area contributed by atoms with E-state index in [0.717, 1.165) is 5.25 Å². The smallest absolute Gasteiger partial charge is 0.0250 e. The van der Waals surface area contributed by atoms with Crippen LogP contribution in [0, 0.1) is 0 Å². The highest BCUT2D eigenvalue weighted by Gasteiger charge is 2.13. The Morgan fingerprint density at radius 3 is 3.11 bits per heavy atom. The summed E-state index contributed by atoms with van der Waals surface area (Å²) in [6.07, 6.45) is 2.79. The zero-order valence-corrected chi connectivity index (χ0v) is 8.42. The summed E-state index contributed by atoms with van der Waals surface area (Å²) in [6, 6.07) is 0. The Morgan fingerprint density at radius 2 is 2.56 bits per heavy atom. The second-order valence-corrected chi connectivity index (χ2v) is 6.13. The van der Waals surface area contributed by atoms with Gasteiger partial charge in [0.2, 0.25) is 0 Å². The zero-order valence-electron chi connectivity index (χ0n) is 5.08. The third kappa shape index (κ3) is 3.35. The molecule has 1 rings (SSSR count). The molecule has 1 fully saturated rings. The lowest BCUT2D eigenvalue weighted by atomic mass is 10.3. The number of hydrogen-bond donors (Lipinski definition) is 1. The van der Waals surface area contributed by atoms with Crippen LogP contribution in [0.2, 0.25) is 0 Å². The fourth-order valence-corrected chi connectivity index (χ4v) is 5.20. The average Bonchev–Trinajstić information content (AvgIpc) is 1.91. The van der Waals surface area contributed by atoms with E-state index < -0.39 is 0 Å². The Morgan fingerprint density at radius 1 is 1.67 bits per heavy atom. The van der Waals surface area contributed by atoms with E-state index in [4.69, 9.17) is 0 Å². The Kier molecular flexibility index (Phi) is 4.82. The molecule has 1 atom stereocenters. The molecule has 0 saturated carbocycles. The highest BCUT2D eigenvalue weighted by Crippen LogP contribution is 2.37. The Balaban J connectivity index is 2.08. The maximum Gasteiger partial charge on any atom is 0.0250 e. The summed E-state index contributed by atoms with van der Waals surface area (Å²) in [5.41, 5.74) is 0. The van der Waals surface area contributed by atoms with Crippen LogP contribution in [-0.2, 0) is 0 Å². The topological polar surface area (TPSA) is 0 Å². The molecule has 0 aromatic rings. The number of hydrogen-bond acceptors (Lipinski definition) is 4. The summed E-state index contributed by atoms with van der Waals surface area (Å²) in [5, 5.41) is 0.867. The van der Waals surface area contributed by atoms with Gasteiger partial charge in [-0.15, -0.1) is 11.7 Å². The van der Waals surface area contributed by atoms with Gasteiger partial charge in [-0.1, -0.05) is 32.4 Å². The quantitative estimate of drug-likeness (QED) is 0.535. The van der Waals surface area contributed by atoms with Gasteiger partial charge in [0.1, 0.15) is 0 Å². The molecule has 0 radical (unpaired) electrons. The second-order valence-electron chi connectivity index (χ2n) is 1.98. The molecule has 1 aliphatic rings. The van der Waals surface area contributed by atoms with E-state index in [1.807, 2.05) is 21.6 Å². The van der Waals surface area contributed by atoms with Crippen LogP contribution in [-0.4, -0.2) is 16.8 Å². The van der Waals surface area contributed by atoms with Crippen molar-refractivity contribution >= 4 is 44.0 Å². The van der Waals surface area contributed by atoms with Crippen molar-refractivity contribution in [3.8, 4) is 0 Å². The minimum absolute atomic E-state index is 0.867. The molecule has 0 aromatic heterocycles. The molecule has 4 heteroatoms. The monoisotopic (exact) mass is 198 g/mol. The number of thiol groups is 1. The summed E-state index contributed by atoms with van der Waals surface area (Å²) in [7, 11) is 5.72. The molecule has 1 heterocycles. The van der Waals surface area contributed by atoms with Gasteiger partial charge < -0.3 is 0 Å². The first-order valence-electron chi connectivity index (χ1n) is 2.98. The van der Waals surface area contributed by atoms with Crippen LogP contribution in [0.3, 0.4) is 0 Å². The first kappa shape index (κ1) is 8.50. The Labute approximate surface area is 73.5 Å². The van der Waals surface area contributed by atoms with Crippen molar-refractivity contribution in [2.45, 2.75) is 18.1 Å². The Hall–Kier alpha value is 1.40. The van der Waals surface area contributed by atoms with Crippen LogP contribution < -0.4 is 0 Å². The molecule has 0 aliphatic carbocycles. The van der Waals surface area contributed by atoms with Crippen LogP contribution in [0.25, 0.3) is 0 Å². The molecule has 1 saturated heterocycles. The number of rotatable bonds is 2. The summed E-state index contributed by atoms with van der Waals surface area (Å²) >= 11 is 4.12. The first-order valence-corrected chi connectivity index (χ1v) is 7.40. The lowest BCUT2D eigenvalue weighted by Crippen LogP contribution is -2.07. The average molecular weight is 198 g/mol. The van der Waals surface area contributed by atoms with Crippen LogP contribution in [0.1, 0.15) is 12.8 Å². The van der Waals surface area contributed by atoms with Crippen LogP contribution in [0.15, 0.2) is 0 Å². The SMILES string of the molecule is SSCC1CCCSS1. The standard InChI is InChI=1S/C5H10S4/c6-7-4-5-2-1-3-8-9-5/h5-6H,1-4H2.